The van der Waals surface area contributed by atoms with E-state index in [1.807, 2.05) is 22.7 Å². The number of thiophene rings is 2. The van der Waals surface area contributed by atoms with Crippen LogP contribution in [0.3, 0.4) is 0 Å². The summed E-state index contributed by atoms with van der Waals surface area (Å²) in [6, 6.07) is 78.3. The highest BCUT2D eigenvalue weighted by Gasteiger charge is 2.23. The van der Waals surface area contributed by atoms with Crippen molar-refractivity contribution in [3.63, 3.8) is 0 Å². The van der Waals surface area contributed by atoms with Gasteiger partial charge in [0.1, 0.15) is 0 Å². The molecule has 0 amide bonds. The van der Waals surface area contributed by atoms with Gasteiger partial charge in [0.15, 0.2) is 0 Å². The second-order valence-corrected chi connectivity index (χ2v) is 17.3. The van der Waals surface area contributed by atoms with Gasteiger partial charge < -0.3 is 4.90 Å². The standard InChI is InChI=1S/C56H35NS2/c1-2-14-36(15-3-1)42-33-30-39(50-34-38-16-4-5-17-41(38)44-18-6-7-19-45(44)50)35-52(42)57(51-25-13-24-49-47-21-9-11-27-54(47)59-56(49)51)40-31-28-37(29-32-40)43-22-12-23-48-46-20-8-10-26-53(46)58-55(43)48/h1-35H. The number of benzene rings is 10. The number of rotatable bonds is 6. The second kappa shape index (κ2) is 13.8. The topological polar surface area (TPSA) is 3.24 Å². The fourth-order valence-electron chi connectivity index (χ4n) is 9.12. The molecule has 1 nitrogen and oxygen atoms in total. The minimum atomic E-state index is 1.11. The van der Waals surface area contributed by atoms with Gasteiger partial charge >= 0.3 is 0 Å². The highest BCUT2D eigenvalue weighted by Crippen LogP contribution is 2.49. The molecule has 0 saturated heterocycles. The van der Waals surface area contributed by atoms with E-state index in [-0.39, 0.29) is 0 Å². The van der Waals surface area contributed by atoms with Gasteiger partial charge in [0, 0.05) is 46.9 Å². The van der Waals surface area contributed by atoms with Gasteiger partial charge in [-0.25, -0.2) is 0 Å². The zero-order chi connectivity index (χ0) is 38.9. The van der Waals surface area contributed by atoms with E-state index in [1.165, 1.54) is 101 Å². The molecule has 3 heteroatoms. The van der Waals surface area contributed by atoms with Gasteiger partial charge in [0.2, 0.25) is 0 Å². The Kier molecular flexibility index (Phi) is 7.97. The van der Waals surface area contributed by atoms with Crippen molar-refractivity contribution in [3.8, 4) is 33.4 Å². The molecule has 2 heterocycles. The smallest absolute Gasteiger partial charge is 0.0640 e. The van der Waals surface area contributed by atoms with Gasteiger partial charge in [-0.15, -0.1) is 22.7 Å². The first kappa shape index (κ1) is 34.0. The van der Waals surface area contributed by atoms with Crippen LogP contribution in [0.1, 0.15) is 0 Å². The lowest BCUT2D eigenvalue weighted by Gasteiger charge is -2.29. The number of anilines is 3. The normalized spacial score (nSPS) is 11.7. The quantitative estimate of drug-likeness (QED) is 0.152. The Morgan fingerprint density at radius 3 is 1.61 bits per heavy atom. The molecule has 0 saturated carbocycles. The molecule has 12 aromatic rings. The van der Waals surface area contributed by atoms with Gasteiger partial charge in [0.05, 0.1) is 16.1 Å². The van der Waals surface area contributed by atoms with Crippen LogP contribution in [0.4, 0.5) is 17.1 Å². The number of hydrogen-bond acceptors (Lipinski definition) is 3. The summed E-state index contributed by atoms with van der Waals surface area (Å²) in [6.45, 7) is 0. The van der Waals surface area contributed by atoms with E-state index >= 15 is 0 Å². The van der Waals surface area contributed by atoms with Crippen molar-refractivity contribution in [1.82, 2.24) is 0 Å². The summed E-state index contributed by atoms with van der Waals surface area (Å²) in [4.78, 5) is 2.51. The molecular formula is C56H35NS2. The van der Waals surface area contributed by atoms with Gasteiger partial charge in [-0.2, -0.15) is 0 Å². The van der Waals surface area contributed by atoms with Crippen molar-refractivity contribution < 1.29 is 0 Å². The fraction of sp³-hybridized carbons (Fsp3) is 0. The zero-order valence-corrected chi connectivity index (χ0v) is 33.6. The largest absolute Gasteiger partial charge is 0.308 e. The number of hydrogen-bond donors (Lipinski definition) is 0. The maximum atomic E-state index is 2.51. The third kappa shape index (κ3) is 5.58. The van der Waals surface area contributed by atoms with Crippen LogP contribution in [0.15, 0.2) is 212 Å². The summed E-state index contributed by atoms with van der Waals surface area (Å²) in [5.41, 5.74) is 10.7. The van der Waals surface area contributed by atoms with E-state index in [0.717, 1.165) is 11.4 Å². The first-order valence-corrected chi connectivity index (χ1v) is 21.7. The van der Waals surface area contributed by atoms with Gasteiger partial charge in [-0.1, -0.05) is 170 Å². The summed E-state index contributed by atoms with van der Waals surface area (Å²) in [7, 11) is 0. The number of fused-ring (bicyclic) bond motifs is 9. The molecule has 10 aromatic carbocycles. The molecule has 0 bridgehead atoms. The molecule has 2 aromatic heterocycles. The van der Waals surface area contributed by atoms with Crippen molar-refractivity contribution >= 4 is 102 Å². The van der Waals surface area contributed by atoms with E-state index in [0.29, 0.717) is 0 Å². The van der Waals surface area contributed by atoms with E-state index in [9.17, 15) is 0 Å². The van der Waals surface area contributed by atoms with Crippen LogP contribution < -0.4 is 4.90 Å². The van der Waals surface area contributed by atoms with Crippen molar-refractivity contribution in [2.45, 2.75) is 0 Å². The molecule has 0 atom stereocenters. The predicted octanol–water partition coefficient (Wildman–Crippen LogP) is 17.2. The Bertz CT molecular complexity index is 3560. The van der Waals surface area contributed by atoms with Crippen molar-refractivity contribution in [2.75, 3.05) is 4.90 Å². The summed E-state index contributed by atoms with van der Waals surface area (Å²) < 4.78 is 5.21. The average Bonchev–Trinajstić information content (AvgIpc) is 3.89. The van der Waals surface area contributed by atoms with Crippen LogP contribution in [-0.2, 0) is 0 Å². The first-order valence-electron chi connectivity index (χ1n) is 20.1. The highest BCUT2D eigenvalue weighted by atomic mass is 32.1. The SMILES string of the molecule is c1ccc(-c2ccc(-c3cc4ccccc4c4ccccc34)cc2N(c2ccc(-c3cccc4c3sc3ccccc34)cc2)c2cccc3c2sc2ccccc23)cc1. The van der Waals surface area contributed by atoms with Crippen molar-refractivity contribution in [3.05, 3.63) is 212 Å². The fourth-order valence-corrected chi connectivity index (χ4v) is 11.6. The monoisotopic (exact) mass is 785 g/mol. The Hall–Kier alpha value is -7.04. The van der Waals surface area contributed by atoms with Crippen molar-refractivity contribution in [1.29, 1.82) is 0 Å². The minimum Gasteiger partial charge on any atom is -0.308 e. The van der Waals surface area contributed by atoms with E-state index in [1.54, 1.807) is 0 Å². The summed E-state index contributed by atoms with van der Waals surface area (Å²) >= 11 is 3.76. The minimum absolute atomic E-state index is 1.11. The lowest BCUT2D eigenvalue weighted by atomic mass is 9.91. The molecule has 0 N–H and O–H groups in total. The van der Waals surface area contributed by atoms with Crippen LogP contribution >= 0.6 is 22.7 Å². The second-order valence-electron chi connectivity index (χ2n) is 15.2. The maximum Gasteiger partial charge on any atom is 0.0640 e. The van der Waals surface area contributed by atoms with E-state index in [2.05, 4.69) is 217 Å². The molecule has 0 aliphatic carbocycles. The van der Waals surface area contributed by atoms with Crippen LogP contribution in [0.5, 0.6) is 0 Å². The van der Waals surface area contributed by atoms with E-state index in [4.69, 9.17) is 0 Å². The van der Waals surface area contributed by atoms with Crippen LogP contribution in [0.2, 0.25) is 0 Å². The molecular weight excluding hydrogens is 751 g/mol. The molecule has 0 aliphatic rings. The molecule has 12 rings (SSSR count). The molecule has 0 fully saturated rings. The highest BCUT2D eigenvalue weighted by molar-refractivity contribution is 7.26. The van der Waals surface area contributed by atoms with Crippen molar-refractivity contribution in [2.24, 2.45) is 0 Å². The third-order valence-electron chi connectivity index (χ3n) is 11.9. The molecule has 0 aliphatic heterocycles. The zero-order valence-electron chi connectivity index (χ0n) is 32.0. The first-order chi connectivity index (χ1) is 29.3. The average molecular weight is 786 g/mol. The van der Waals surface area contributed by atoms with Gasteiger partial charge in [-0.05, 0) is 91.8 Å². The lowest BCUT2D eigenvalue weighted by Crippen LogP contribution is -2.11. The summed E-state index contributed by atoms with van der Waals surface area (Å²) in [6.07, 6.45) is 0. The summed E-state index contributed by atoms with van der Waals surface area (Å²) in [5, 5.41) is 10.2. The number of nitrogens with zero attached hydrogens (tertiary/aromatic N) is 1. The van der Waals surface area contributed by atoms with Crippen LogP contribution in [-0.4, -0.2) is 0 Å². The Morgan fingerprint density at radius 1 is 0.288 bits per heavy atom. The van der Waals surface area contributed by atoms with Gasteiger partial charge in [-0.3, -0.25) is 0 Å². The molecule has 0 radical (unpaired) electrons. The van der Waals surface area contributed by atoms with Crippen LogP contribution in [0.25, 0.3) is 95.3 Å². The molecule has 0 spiro atoms. The van der Waals surface area contributed by atoms with Crippen LogP contribution in [0, 0.1) is 0 Å². The summed E-state index contributed by atoms with van der Waals surface area (Å²) in [5.74, 6) is 0. The lowest BCUT2D eigenvalue weighted by molar-refractivity contribution is 1.30. The van der Waals surface area contributed by atoms with E-state index < -0.39 is 0 Å². The van der Waals surface area contributed by atoms with Gasteiger partial charge in [0.25, 0.3) is 0 Å². The Balaban J connectivity index is 1.12. The Morgan fingerprint density at radius 2 is 0.847 bits per heavy atom. The predicted molar refractivity (Wildman–Crippen MR) is 258 cm³/mol. The maximum absolute atomic E-state index is 2.51. The molecule has 276 valence electrons. The molecule has 59 heavy (non-hydrogen) atoms. The Labute approximate surface area is 350 Å². The third-order valence-corrected chi connectivity index (χ3v) is 14.3. The molecule has 0 unspecified atom stereocenters.